The molecule has 0 spiro atoms. The van der Waals surface area contributed by atoms with Crippen molar-refractivity contribution in [3.8, 4) is 0 Å². The number of hydrogen-bond donors (Lipinski definition) is 3. The number of aromatic nitrogens is 4. The number of thiazole rings is 1. The molecule has 3 heterocycles. The van der Waals surface area contributed by atoms with E-state index in [9.17, 15) is 9.59 Å². The third-order valence-corrected chi connectivity index (χ3v) is 5.65. The highest BCUT2D eigenvalue weighted by Crippen LogP contribution is 2.17. The van der Waals surface area contributed by atoms with Gasteiger partial charge in [-0.15, -0.1) is 22.7 Å². The van der Waals surface area contributed by atoms with Crippen LogP contribution in [0.4, 0.5) is 5.13 Å². The predicted octanol–water partition coefficient (Wildman–Crippen LogP) is 2.52. The Bertz CT molecular complexity index is 973. The van der Waals surface area contributed by atoms with Gasteiger partial charge in [-0.1, -0.05) is 6.07 Å². The lowest BCUT2D eigenvalue weighted by atomic mass is 10.3. The lowest BCUT2D eigenvalue weighted by Crippen LogP contribution is -2.26. The summed E-state index contributed by atoms with van der Waals surface area (Å²) in [6.07, 6.45) is 0.452. The fourth-order valence-corrected chi connectivity index (χ4v) is 4.11. The van der Waals surface area contributed by atoms with E-state index in [0.29, 0.717) is 34.4 Å². The van der Waals surface area contributed by atoms with Crippen LogP contribution in [0.2, 0.25) is 0 Å². The van der Waals surface area contributed by atoms with Crippen molar-refractivity contribution < 1.29 is 9.59 Å². The molecule has 0 aromatic carbocycles. The number of carbonyl (C=O) groups excluding carboxylic acids is 2. The second-order valence-corrected chi connectivity index (χ2v) is 7.87. The second kappa shape index (κ2) is 9.02. The molecular weight excluding hydrogens is 404 g/mol. The van der Waals surface area contributed by atoms with E-state index in [4.69, 9.17) is 12.2 Å². The van der Waals surface area contributed by atoms with Gasteiger partial charge < -0.3 is 15.2 Å². The summed E-state index contributed by atoms with van der Waals surface area (Å²) in [5.41, 5.74) is 0.610. The lowest BCUT2D eigenvalue weighted by Gasteiger charge is -2.05. The minimum absolute atomic E-state index is 0.120. The first kappa shape index (κ1) is 19.4. The molecule has 3 N–H and O–H groups in total. The van der Waals surface area contributed by atoms with Crippen molar-refractivity contribution >= 4 is 51.8 Å². The van der Waals surface area contributed by atoms with Crippen molar-refractivity contribution in [1.29, 1.82) is 0 Å². The molecule has 0 unspecified atom stereocenters. The zero-order chi connectivity index (χ0) is 19.2. The summed E-state index contributed by atoms with van der Waals surface area (Å²) in [6.45, 7) is 2.93. The quantitative estimate of drug-likeness (QED) is 0.484. The molecule has 3 aromatic rings. The Morgan fingerprint density at radius 2 is 2.15 bits per heavy atom. The van der Waals surface area contributed by atoms with Crippen LogP contribution < -0.4 is 10.6 Å². The minimum atomic E-state index is -0.173. The third-order valence-electron chi connectivity index (χ3n) is 3.65. The Balaban J connectivity index is 1.48. The average Bonchev–Trinajstić information content (AvgIpc) is 3.35. The zero-order valence-corrected chi connectivity index (χ0v) is 17.0. The van der Waals surface area contributed by atoms with Gasteiger partial charge in [0.05, 0.1) is 25.1 Å². The molecular formula is C16H18N6O2S3. The number of anilines is 1. The number of amides is 2. The zero-order valence-electron chi connectivity index (χ0n) is 14.5. The fourth-order valence-electron chi connectivity index (χ4n) is 2.40. The molecule has 3 rings (SSSR count). The van der Waals surface area contributed by atoms with E-state index in [1.807, 2.05) is 29.0 Å². The van der Waals surface area contributed by atoms with E-state index in [0.717, 1.165) is 4.88 Å². The van der Waals surface area contributed by atoms with Gasteiger partial charge in [0, 0.05) is 16.8 Å². The number of nitrogens with one attached hydrogen (secondary N) is 3. The van der Waals surface area contributed by atoms with E-state index in [-0.39, 0.29) is 24.8 Å². The van der Waals surface area contributed by atoms with E-state index in [2.05, 4.69) is 25.8 Å². The third kappa shape index (κ3) is 5.31. The number of aromatic amines is 1. The molecule has 0 aliphatic rings. The largest absolute Gasteiger partial charge is 0.348 e. The Morgan fingerprint density at radius 3 is 2.89 bits per heavy atom. The van der Waals surface area contributed by atoms with Gasteiger partial charge >= 0.3 is 0 Å². The number of carbonyl (C=O) groups is 2. The number of H-pyrrole nitrogens is 1. The van der Waals surface area contributed by atoms with Gasteiger partial charge in [0.25, 0.3) is 0 Å². The topological polar surface area (TPSA) is 105 Å². The predicted molar refractivity (Wildman–Crippen MR) is 107 cm³/mol. The summed E-state index contributed by atoms with van der Waals surface area (Å²) >= 11 is 7.96. The summed E-state index contributed by atoms with van der Waals surface area (Å²) in [4.78, 5) is 29.4. The second-order valence-electron chi connectivity index (χ2n) is 5.59. The van der Waals surface area contributed by atoms with Crippen LogP contribution in [0, 0.1) is 4.77 Å². The Labute approximate surface area is 168 Å². The molecule has 142 valence electrons. The fraction of sp³-hybridized carbons (Fsp3) is 0.312. The van der Waals surface area contributed by atoms with Crippen LogP contribution in [0.25, 0.3) is 0 Å². The molecule has 2 amide bonds. The summed E-state index contributed by atoms with van der Waals surface area (Å²) in [5.74, 6) is 0.383. The van der Waals surface area contributed by atoms with Gasteiger partial charge in [0.1, 0.15) is 0 Å². The maximum Gasteiger partial charge on any atom is 0.231 e. The van der Waals surface area contributed by atoms with Crippen LogP contribution in [-0.2, 0) is 35.5 Å². The van der Waals surface area contributed by atoms with Gasteiger partial charge in [0.2, 0.25) is 11.8 Å². The van der Waals surface area contributed by atoms with Crippen molar-refractivity contribution in [3.05, 3.63) is 44.1 Å². The minimum Gasteiger partial charge on any atom is -0.348 e. The smallest absolute Gasteiger partial charge is 0.231 e. The number of nitrogens with zero attached hydrogens (tertiary/aromatic N) is 3. The van der Waals surface area contributed by atoms with Crippen LogP contribution in [-0.4, -0.2) is 31.6 Å². The first-order valence-electron chi connectivity index (χ1n) is 8.22. The number of thiophene rings is 1. The normalized spacial score (nSPS) is 10.7. The van der Waals surface area contributed by atoms with E-state index >= 15 is 0 Å². The maximum absolute atomic E-state index is 12.1. The highest BCUT2D eigenvalue weighted by molar-refractivity contribution is 7.71. The van der Waals surface area contributed by atoms with E-state index in [1.54, 1.807) is 5.38 Å². The van der Waals surface area contributed by atoms with E-state index < -0.39 is 0 Å². The molecule has 0 atom stereocenters. The van der Waals surface area contributed by atoms with Crippen LogP contribution >= 0.6 is 34.9 Å². The molecule has 0 aliphatic carbocycles. The van der Waals surface area contributed by atoms with Crippen molar-refractivity contribution in [2.45, 2.75) is 32.9 Å². The molecule has 0 bridgehead atoms. The summed E-state index contributed by atoms with van der Waals surface area (Å²) in [5, 5.41) is 16.6. The summed E-state index contributed by atoms with van der Waals surface area (Å²) < 4.78 is 2.35. The molecule has 27 heavy (non-hydrogen) atoms. The SMILES string of the molecule is CCn1c(CNC(=O)Cc2csc(NC(=O)Cc3cccs3)n2)n[nH]c1=S. The van der Waals surface area contributed by atoms with Crippen molar-refractivity contribution in [2.75, 3.05) is 5.32 Å². The monoisotopic (exact) mass is 422 g/mol. The molecule has 11 heteroatoms. The molecule has 0 saturated heterocycles. The maximum atomic E-state index is 12.1. The van der Waals surface area contributed by atoms with Gasteiger partial charge in [-0.2, -0.15) is 5.10 Å². The van der Waals surface area contributed by atoms with E-state index in [1.165, 1.54) is 22.7 Å². The standard InChI is InChI=1S/C16H18N6O2S3/c1-2-22-12(20-21-16(22)25)8-17-13(23)6-10-9-27-15(18-10)19-14(24)7-11-4-3-5-26-11/h3-5,9H,2,6-8H2,1H3,(H,17,23)(H,21,25)(H,18,19,24). The average molecular weight is 423 g/mol. The Hall–Kier alpha value is -2.37. The lowest BCUT2D eigenvalue weighted by molar-refractivity contribution is -0.120. The summed E-state index contributed by atoms with van der Waals surface area (Å²) in [6, 6.07) is 3.83. The van der Waals surface area contributed by atoms with Crippen molar-refractivity contribution in [2.24, 2.45) is 0 Å². The van der Waals surface area contributed by atoms with Gasteiger partial charge in [-0.3, -0.25) is 14.7 Å². The van der Waals surface area contributed by atoms with Crippen molar-refractivity contribution in [3.63, 3.8) is 0 Å². The van der Waals surface area contributed by atoms with Crippen LogP contribution in [0.3, 0.4) is 0 Å². The molecule has 3 aromatic heterocycles. The van der Waals surface area contributed by atoms with Gasteiger partial charge in [0.15, 0.2) is 15.7 Å². The first-order chi connectivity index (χ1) is 13.0. The van der Waals surface area contributed by atoms with Gasteiger partial charge in [-0.05, 0) is 30.6 Å². The Morgan fingerprint density at radius 1 is 1.30 bits per heavy atom. The van der Waals surface area contributed by atoms with Crippen molar-refractivity contribution in [1.82, 2.24) is 25.1 Å². The highest BCUT2D eigenvalue weighted by atomic mass is 32.1. The summed E-state index contributed by atoms with van der Waals surface area (Å²) in [7, 11) is 0. The number of rotatable bonds is 8. The first-order valence-corrected chi connectivity index (χ1v) is 10.4. The number of hydrogen-bond acceptors (Lipinski definition) is 7. The van der Waals surface area contributed by atoms with Crippen LogP contribution in [0.5, 0.6) is 0 Å². The van der Waals surface area contributed by atoms with Gasteiger partial charge in [-0.25, -0.2) is 4.98 Å². The van der Waals surface area contributed by atoms with Crippen LogP contribution in [0.1, 0.15) is 23.3 Å². The molecule has 0 aliphatic heterocycles. The highest BCUT2D eigenvalue weighted by Gasteiger charge is 2.12. The molecule has 0 saturated carbocycles. The van der Waals surface area contributed by atoms with Crippen LogP contribution in [0.15, 0.2) is 22.9 Å². The Kier molecular flexibility index (Phi) is 6.48. The molecule has 0 fully saturated rings. The molecule has 8 nitrogen and oxygen atoms in total. The molecule has 0 radical (unpaired) electrons.